The van der Waals surface area contributed by atoms with Gasteiger partial charge in [-0.2, -0.15) is 0 Å². The molecule has 5 nitrogen and oxygen atoms in total. The van der Waals surface area contributed by atoms with E-state index in [9.17, 15) is 14.7 Å². The summed E-state index contributed by atoms with van der Waals surface area (Å²) in [4.78, 5) is 24.1. The van der Waals surface area contributed by atoms with E-state index >= 15 is 0 Å². The molecule has 0 bridgehead atoms. The van der Waals surface area contributed by atoms with Crippen LogP contribution in [0.15, 0.2) is 48.6 Å². The van der Waals surface area contributed by atoms with Gasteiger partial charge in [0.1, 0.15) is 6.61 Å². The van der Waals surface area contributed by atoms with Crippen LogP contribution in [-0.4, -0.2) is 36.4 Å². The van der Waals surface area contributed by atoms with Gasteiger partial charge >= 0.3 is 11.9 Å². The maximum atomic E-state index is 12.1. The number of aliphatic hydroxyl groups excluding tert-OH is 1. The number of carbonyl (C=O) groups is 2. The quantitative estimate of drug-likeness (QED) is 0.0586. The van der Waals surface area contributed by atoms with Gasteiger partial charge in [0.15, 0.2) is 6.10 Å². The Balaban J connectivity index is 3.65. The maximum Gasteiger partial charge on any atom is 0.306 e. The molecule has 230 valence electrons. The lowest BCUT2D eigenvalue weighted by molar-refractivity contribution is -0.161. The van der Waals surface area contributed by atoms with Crippen LogP contribution in [-0.2, 0) is 19.1 Å². The Morgan fingerprint density at radius 3 is 1.65 bits per heavy atom. The smallest absolute Gasteiger partial charge is 0.306 e. The fraction of sp³-hybridized carbons (Fsp3) is 0.714. The molecule has 40 heavy (non-hydrogen) atoms. The first-order valence-electron chi connectivity index (χ1n) is 16.2. The molecular formula is C35H60O5. The summed E-state index contributed by atoms with van der Waals surface area (Å²) in [5.74, 6) is -0.629. The minimum Gasteiger partial charge on any atom is -0.462 e. The Morgan fingerprint density at radius 2 is 1.07 bits per heavy atom. The molecule has 0 rings (SSSR count). The van der Waals surface area contributed by atoms with Crippen LogP contribution in [0.4, 0.5) is 0 Å². The van der Waals surface area contributed by atoms with Crippen LogP contribution in [0.25, 0.3) is 0 Å². The number of rotatable bonds is 28. The molecule has 0 spiro atoms. The van der Waals surface area contributed by atoms with Gasteiger partial charge in [0.25, 0.3) is 0 Å². The van der Waals surface area contributed by atoms with Gasteiger partial charge in [0, 0.05) is 12.8 Å². The van der Waals surface area contributed by atoms with E-state index in [0.717, 1.165) is 77.0 Å². The first-order chi connectivity index (χ1) is 19.6. The Bertz CT molecular complexity index is 692. The highest BCUT2D eigenvalue weighted by molar-refractivity contribution is 5.70. The van der Waals surface area contributed by atoms with Crippen LogP contribution in [0.3, 0.4) is 0 Å². The molecule has 0 aliphatic rings. The molecule has 0 aromatic rings. The molecule has 1 atom stereocenters. The average molecular weight is 561 g/mol. The van der Waals surface area contributed by atoms with Gasteiger partial charge in [-0.25, -0.2) is 0 Å². The van der Waals surface area contributed by atoms with E-state index in [4.69, 9.17) is 9.47 Å². The second-order valence-electron chi connectivity index (χ2n) is 10.5. The molecule has 0 saturated carbocycles. The van der Waals surface area contributed by atoms with Gasteiger partial charge in [-0.15, -0.1) is 0 Å². The van der Waals surface area contributed by atoms with E-state index < -0.39 is 6.10 Å². The minimum absolute atomic E-state index is 0.0796. The van der Waals surface area contributed by atoms with Gasteiger partial charge in [-0.1, -0.05) is 114 Å². The van der Waals surface area contributed by atoms with E-state index in [1.807, 2.05) is 0 Å². The van der Waals surface area contributed by atoms with Crippen LogP contribution in [0, 0.1) is 0 Å². The van der Waals surface area contributed by atoms with Gasteiger partial charge in [0.05, 0.1) is 6.61 Å². The molecule has 0 fully saturated rings. The number of carbonyl (C=O) groups excluding carboxylic acids is 2. The molecule has 0 saturated heterocycles. The summed E-state index contributed by atoms with van der Waals surface area (Å²) in [6.07, 6.45) is 37.3. The Morgan fingerprint density at radius 1 is 0.600 bits per heavy atom. The summed E-state index contributed by atoms with van der Waals surface area (Å²) in [6.45, 7) is 3.94. The average Bonchev–Trinajstić information content (AvgIpc) is 2.96. The summed E-state index contributed by atoms with van der Waals surface area (Å²) < 4.78 is 10.5. The van der Waals surface area contributed by atoms with Crippen LogP contribution in [0.2, 0.25) is 0 Å². The third kappa shape index (κ3) is 28.9. The topological polar surface area (TPSA) is 72.8 Å². The Kier molecular flexibility index (Phi) is 29.7. The summed E-state index contributed by atoms with van der Waals surface area (Å²) in [6, 6.07) is 0. The number of unbranched alkanes of at least 4 members (excludes halogenated alkanes) is 12. The van der Waals surface area contributed by atoms with Crippen molar-refractivity contribution in [1.82, 2.24) is 0 Å². The highest BCUT2D eigenvalue weighted by atomic mass is 16.6. The fourth-order valence-electron chi connectivity index (χ4n) is 4.13. The Labute approximate surface area is 246 Å². The van der Waals surface area contributed by atoms with Crippen molar-refractivity contribution >= 4 is 11.9 Å². The second-order valence-corrected chi connectivity index (χ2v) is 10.5. The number of hydrogen-bond donors (Lipinski definition) is 1. The van der Waals surface area contributed by atoms with Crippen molar-refractivity contribution in [3.8, 4) is 0 Å². The first-order valence-corrected chi connectivity index (χ1v) is 16.2. The molecule has 0 unspecified atom stereocenters. The van der Waals surface area contributed by atoms with Crippen molar-refractivity contribution in [3.05, 3.63) is 48.6 Å². The van der Waals surface area contributed by atoms with Crippen molar-refractivity contribution in [2.24, 2.45) is 0 Å². The highest BCUT2D eigenvalue weighted by Crippen LogP contribution is 2.11. The van der Waals surface area contributed by atoms with Gasteiger partial charge < -0.3 is 14.6 Å². The number of aliphatic hydroxyl groups is 1. The zero-order valence-electron chi connectivity index (χ0n) is 25.8. The molecule has 0 aliphatic carbocycles. The number of hydrogen-bond acceptors (Lipinski definition) is 5. The SMILES string of the molecule is CC/C=C/C/C=C/C/C=C/CCCCCCCC(=O)OC[C@H](CO)OC(=O)CCCCCCC/C=C/CCCC. The van der Waals surface area contributed by atoms with E-state index in [1.54, 1.807) is 0 Å². The largest absolute Gasteiger partial charge is 0.462 e. The molecule has 0 aromatic carbocycles. The fourth-order valence-corrected chi connectivity index (χ4v) is 4.13. The predicted molar refractivity (Wildman–Crippen MR) is 168 cm³/mol. The maximum absolute atomic E-state index is 12.1. The van der Waals surface area contributed by atoms with Gasteiger partial charge in [-0.3, -0.25) is 9.59 Å². The molecule has 1 N–H and O–H groups in total. The zero-order chi connectivity index (χ0) is 29.4. The third-order valence-electron chi connectivity index (χ3n) is 6.61. The van der Waals surface area contributed by atoms with Crippen molar-refractivity contribution in [3.63, 3.8) is 0 Å². The Hall–Kier alpha value is -2.14. The van der Waals surface area contributed by atoms with Crippen molar-refractivity contribution < 1.29 is 24.2 Å². The monoisotopic (exact) mass is 560 g/mol. The highest BCUT2D eigenvalue weighted by Gasteiger charge is 2.16. The van der Waals surface area contributed by atoms with E-state index in [2.05, 4.69) is 62.5 Å². The molecule has 0 radical (unpaired) electrons. The lowest BCUT2D eigenvalue weighted by atomic mass is 10.1. The molecular weight excluding hydrogens is 500 g/mol. The van der Waals surface area contributed by atoms with E-state index in [0.29, 0.717) is 12.8 Å². The van der Waals surface area contributed by atoms with Crippen LogP contribution in [0.1, 0.15) is 142 Å². The predicted octanol–water partition coefficient (Wildman–Crippen LogP) is 9.50. The molecule has 0 heterocycles. The van der Waals surface area contributed by atoms with Crippen molar-refractivity contribution in [2.45, 2.75) is 148 Å². The normalized spacial score (nSPS) is 12.8. The standard InChI is InChI=1S/C35H60O5/c1-3-5-7-9-11-13-15-16-17-18-20-21-23-25-27-29-34(37)39-32-33(31-36)40-35(38)30-28-26-24-22-19-14-12-10-8-6-4-2/h5,7,10-13,16-17,33,36H,3-4,6,8-9,14-15,18-32H2,1-2H3/b7-5+,12-10+,13-11+,17-16+/t33-/m0/s1. The lowest BCUT2D eigenvalue weighted by Crippen LogP contribution is -2.28. The number of allylic oxidation sites excluding steroid dienone is 8. The van der Waals surface area contributed by atoms with Crippen LogP contribution >= 0.6 is 0 Å². The lowest BCUT2D eigenvalue weighted by Gasteiger charge is -2.15. The minimum atomic E-state index is -0.780. The molecule has 0 aromatic heterocycles. The second kappa shape index (κ2) is 31.4. The van der Waals surface area contributed by atoms with Crippen LogP contribution in [0.5, 0.6) is 0 Å². The molecule has 5 heteroatoms. The molecule has 0 aliphatic heterocycles. The third-order valence-corrected chi connectivity index (χ3v) is 6.61. The zero-order valence-corrected chi connectivity index (χ0v) is 25.8. The number of esters is 2. The van der Waals surface area contributed by atoms with Gasteiger partial charge in [0.2, 0.25) is 0 Å². The number of ether oxygens (including phenoxy) is 2. The summed E-state index contributed by atoms with van der Waals surface area (Å²) in [5.41, 5.74) is 0. The van der Waals surface area contributed by atoms with Crippen LogP contribution < -0.4 is 0 Å². The summed E-state index contributed by atoms with van der Waals surface area (Å²) in [7, 11) is 0. The molecule has 0 amide bonds. The van der Waals surface area contributed by atoms with Crippen molar-refractivity contribution in [2.75, 3.05) is 13.2 Å². The first kappa shape index (κ1) is 37.9. The van der Waals surface area contributed by atoms with Crippen molar-refractivity contribution in [1.29, 1.82) is 0 Å². The van der Waals surface area contributed by atoms with Gasteiger partial charge in [-0.05, 0) is 64.2 Å². The summed E-state index contributed by atoms with van der Waals surface area (Å²) in [5, 5.41) is 9.48. The van der Waals surface area contributed by atoms with E-state index in [1.165, 1.54) is 38.5 Å². The summed E-state index contributed by atoms with van der Waals surface area (Å²) >= 11 is 0. The van der Waals surface area contributed by atoms with E-state index in [-0.39, 0.29) is 25.2 Å².